The van der Waals surface area contributed by atoms with Gasteiger partial charge in [0, 0.05) is 12.3 Å². The highest BCUT2D eigenvalue weighted by Gasteiger charge is 2.36. The van der Waals surface area contributed by atoms with Crippen LogP contribution in [0.4, 0.5) is 0 Å². The summed E-state index contributed by atoms with van der Waals surface area (Å²) >= 11 is 0. The maximum absolute atomic E-state index is 11.8. The fraction of sp³-hybridized carbons (Fsp3) is 1.00. The first-order chi connectivity index (χ1) is 9.41. The zero-order valence-corrected chi connectivity index (χ0v) is 13.9. The molecule has 0 amide bonds. The molecule has 2 saturated carbocycles. The second kappa shape index (κ2) is 6.78. The summed E-state index contributed by atoms with van der Waals surface area (Å²) in [4.78, 5) is 0. The lowest BCUT2D eigenvalue weighted by atomic mass is 9.71. The van der Waals surface area contributed by atoms with Crippen LogP contribution >= 0.6 is 0 Å². The van der Waals surface area contributed by atoms with E-state index in [-0.39, 0.29) is 11.3 Å². The van der Waals surface area contributed by atoms with Crippen LogP contribution in [-0.2, 0) is 9.84 Å². The quantitative estimate of drug-likeness (QED) is 0.868. The smallest absolute Gasteiger partial charge is 0.150 e. The van der Waals surface area contributed by atoms with E-state index in [1.54, 1.807) is 0 Å². The van der Waals surface area contributed by atoms with Crippen LogP contribution in [0.2, 0.25) is 0 Å². The zero-order valence-electron chi connectivity index (χ0n) is 13.1. The highest BCUT2D eigenvalue weighted by Crippen LogP contribution is 2.38. The van der Waals surface area contributed by atoms with Gasteiger partial charge in [0.1, 0.15) is 9.84 Å². The summed E-state index contributed by atoms with van der Waals surface area (Å²) in [5, 5.41) is -0.141. The first-order valence-electron chi connectivity index (χ1n) is 8.36. The van der Waals surface area contributed by atoms with Gasteiger partial charge in [-0.3, -0.25) is 0 Å². The molecule has 118 valence electrons. The molecule has 4 heteroatoms. The SMILES string of the molecule is CCC1CCCC(C(N)C2CCCC(S(C)(=O)=O)C2)C1. The summed E-state index contributed by atoms with van der Waals surface area (Å²) in [7, 11) is -2.89. The van der Waals surface area contributed by atoms with Crippen molar-refractivity contribution < 1.29 is 8.42 Å². The topological polar surface area (TPSA) is 60.2 Å². The number of rotatable bonds is 4. The van der Waals surface area contributed by atoms with Crippen molar-refractivity contribution in [3.63, 3.8) is 0 Å². The van der Waals surface area contributed by atoms with Crippen molar-refractivity contribution in [3.05, 3.63) is 0 Å². The van der Waals surface area contributed by atoms with Crippen LogP contribution in [0.5, 0.6) is 0 Å². The Morgan fingerprint density at radius 3 is 2.25 bits per heavy atom. The molecule has 2 aliphatic carbocycles. The van der Waals surface area contributed by atoms with Gasteiger partial charge in [-0.25, -0.2) is 8.42 Å². The molecule has 3 nitrogen and oxygen atoms in total. The highest BCUT2D eigenvalue weighted by atomic mass is 32.2. The lowest BCUT2D eigenvalue weighted by Crippen LogP contribution is -2.43. The monoisotopic (exact) mass is 301 g/mol. The largest absolute Gasteiger partial charge is 0.327 e. The average molecular weight is 301 g/mol. The molecular weight excluding hydrogens is 270 g/mol. The maximum atomic E-state index is 11.8. The van der Waals surface area contributed by atoms with E-state index in [9.17, 15) is 8.42 Å². The van der Waals surface area contributed by atoms with E-state index in [0.717, 1.165) is 31.6 Å². The van der Waals surface area contributed by atoms with Gasteiger partial charge in [-0.2, -0.15) is 0 Å². The predicted molar refractivity (Wildman–Crippen MR) is 84.3 cm³/mol. The standard InChI is InChI=1S/C16H31NO2S/c1-3-12-6-4-7-13(10-12)16(17)14-8-5-9-15(11-14)20(2,18)19/h12-16H,3-11,17H2,1-2H3. The lowest BCUT2D eigenvalue weighted by Gasteiger charge is -2.39. The molecule has 5 atom stereocenters. The summed E-state index contributed by atoms with van der Waals surface area (Å²) in [5.41, 5.74) is 6.55. The van der Waals surface area contributed by atoms with E-state index >= 15 is 0 Å². The van der Waals surface area contributed by atoms with Crippen LogP contribution in [0.25, 0.3) is 0 Å². The molecule has 0 aromatic carbocycles. The molecule has 5 unspecified atom stereocenters. The Morgan fingerprint density at radius 1 is 1.05 bits per heavy atom. The minimum atomic E-state index is -2.89. The normalized spacial score (nSPS) is 37.5. The molecule has 0 spiro atoms. The molecule has 0 aliphatic heterocycles. The van der Waals surface area contributed by atoms with Crippen molar-refractivity contribution in [1.82, 2.24) is 0 Å². The fourth-order valence-electron chi connectivity index (χ4n) is 4.36. The van der Waals surface area contributed by atoms with Crippen LogP contribution in [0.1, 0.15) is 64.7 Å². The summed E-state index contributed by atoms with van der Waals surface area (Å²) in [6.07, 6.45) is 11.6. The first kappa shape index (κ1) is 16.3. The molecule has 0 radical (unpaired) electrons. The third-order valence-corrected chi connectivity index (χ3v) is 7.40. The molecule has 20 heavy (non-hydrogen) atoms. The molecule has 2 fully saturated rings. The number of sulfone groups is 1. The Balaban J connectivity index is 1.96. The van der Waals surface area contributed by atoms with Gasteiger partial charge in [-0.05, 0) is 49.9 Å². The highest BCUT2D eigenvalue weighted by molar-refractivity contribution is 7.91. The second-order valence-electron chi connectivity index (χ2n) is 7.16. The molecule has 0 heterocycles. The van der Waals surface area contributed by atoms with E-state index in [1.807, 2.05) is 0 Å². The van der Waals surface area contributed by atoms with Gasteiger partial charge in [-0.15, -0.1) is 0 Å². The Labute approximate surface area is 124 Å². The van der Waals surface area contributed by atoms with Crippen molar-refractivity contribution >= 4 is 9.84 Å². The third-order valence-electron chi connectivity index (χ3n) is 5.76. The molecule has 0 aromatic rings. The van der Waals surface area contributed by atoms with Gasteiger partial charge in [0.15, 0.2) is 0 Å². The molecule has 2 N–H and O–H groups in total. The molecule has 0 aromatic heterocycles. The molecular formula is C16H31NO2S. The summed E-state index contributed by atoms with van der Waals surface area (Å²) in [6, 6.07) is 0.217. The van der Waals surface area contributed by atoms with Crippen molar-refractivity contribution in [2.24, 2.45) is 23.5 Å². The van der Waals surface area contributed by atoms with E-state index < -0.39 is 9.84 Å². The Hall–Kier alpha value is -0.0900. The number of hydrogen-bond donors (Lipinski definition) is 1. The zero-order chi connectivity index (χ0) is 14.8. The van der Waals surface area contributed by atoms with Crippen LogP contribution in [0, 0.1) is 17.8 Å². The van der Waals surface area contributed by atoms with Gasteiger partial charge >= 0.3 is 0 Å². The van der Waals surface area contributed by atoms with E-state index in [0.29, 0.717) is 11.8 Å². The fourth-order valence-corrected chi connectivity index (χ4v) is 5.55. The average Bonchev–Trinajstić information content (AvgIpc) is 2.46. The minimum Gasteiger partial charge on any atom is -0.327 e. The molecule has 2 aliphatic rings. The van der Waals surface area contributed by atoms with Crippen molar-refractivity contribution in [3.8, 4) is 0 Å². The van der Waals surface area contributed by atoms with Crippen LogP contribution in [0.15, 0.2) is 0 Å². The Morgan fingerprint density at radius 2 is 1.65 bits per heavy atom. The Kier molecular flexibility index (Phi) is 5.52. The summed E-state index contributed by atoms with van der Waals surface area (Å²) < 4.78 is 23.6. The van der Waals surface area contributed by atoms with Gasteiger partial charge in [0.25, 0.3) is 0 Å². The molecule has 2 rings (SSSR count). The molecule has 0 saturated heterocycles. The summed E-state index contributed by atoms with van der Waals surface area (Å²) in [5.74, 6) is 1.88. The van der Waals surface area contributed by atoms with E-state index in [4.69, 9.17) is 5.73 Å². The van der Waals surface area contributed by atoms with E-state index in [1.165, 1.54) is 38.4 Å². The van der Waals surface area contributed by atoms with Crippen molar-refractivity contribution in [2.45, 2.75) is 76.0 Å². The number of hydrogen-bond acceptors (Lipinski definition) is 3. The van der Waals surface area contributed by atoms with Gasteiger partial charge in [0.2, 0.25) is 0 Å². The lowest BCUT2D eigenvalue weighted by molar-refractivity contribution is 0.171. The van der Waals surface area contributed by atoms with Gasteiger partial charge in [0.05, 0.1) is 5.25 Å². The Bertz CT molecular complexity index is 407. The van der Waals surface area contributed by atoms with Crippen molar-refractivity contribution in [1.29, 1.82) is 0 Å². The van der Waals surface area contributed by atoms with Crippen molar-refractivity contribution in [2.75, 3.05) is 6.26 Å². The predicted octanol–water partition coefficient (Wildman–Crippen LogP) is 3.13. The second-order valence-corrected chi connectivity index (χ2v) is 9.48. The minimum absolute atomic E-state index is 0.141. The molecule has 0 bridgehead atoms. The van der Waals surface area contributed by atoms with Crippen LogP contribution in [-0.4, -0.2) is 26.0 Å². The van der Waals surface area contributed by atoms with Gasteiger partial charge < -0.3 is 5.73 Å². The maximum Gasteiger partial charge on any atom is 0.150 e. The number of nitrogens with two attached hydrogens (primary N) is 1. The van der Waals surface area contributed by atoms with Crippen LogP contribution in [0.3, 0.4) is 0 Å². The van der Waals surface area contributed by atoms with Gasteiger partial charge in [-0.1, -0.05) is 32.6 Å². The van der Waals surface area contributed by atoms with Crippen LogP contribution < -0.4 is 5.73 Å². The first-order valence-corrected chi connectivity index (χ1v) is 10.3. The van der Waals surface area contributed by atoms with E-state index in [2.05, 4.69) is 6.92 Å². The third kappa shape index (κ3) is 3.97. The summed E-state index contributed by atoms with van der Waals surface area (Å²) in [6.45, 7) is 2.28.